The summed E-state index contributed by atoms with van der Waals surface area (Å²) in [5.74, 6) is 0.147. The highest BCUT2D eigenvalue weighted by Crippen LogP contribution is 2.29. The second-order valence-corrected chi connectivity index (χ2v) is 6.37. The van der Waals surface area contributed by atoms with Gasteiger partial charge in [-0.05, 0) is 47.0 Å². The maximum absolute atomic E-state index is 12.5. The first-order valence-corrected chi connectivity index (χ1v) is 7.68. The first-order valence-electron chi connectivity index (χ1n) is 6.51. The highest BCUT2D eigenvalue weighted by molar-refractivity contribution is 9.10. The van der Waals surface area contributed by atoms with Gasteiger partial charge in [0.05, 0.1) is 11.1 Å². The third-order valence-electron chi connectivity index (χ3n) is 3.19. The Morgan fingerprint density at radius 3 is 2.84 bits per heavy atom. The van der Waals surface area contributed by atoms with Gasteiger partial charge in [-0.15, -0.1) is 0 Å². The molecule has 1 aliphatic heterocycles. The van der Waals surface area contributed by atoms with Crippen molar-refractivity contribution in [2.75, 3.05) is 11.4 Å². The first kappa shape index (κ1) is 14.8. The van der Waals surface area contributed by atoms with Gasteiger partial charge in [0.2, 0.25) is 5.91 Å². The molecule has 0 bridgehead atoms. The molecule has 1 saturated heterocycles. The summed E-state index contributed by atoms with van der Waals surface area (Å²) in [6.07, 6.45) is 1.92. The largest absolute Gasteiger partial charge is 0.311 e. The lowest BCUT2D eigenvalue weighted by atomic mass is 10.0. The molecule has 1 atom stereocenters. The van der Waals surface area contributed by atoms with Crippen LogP contribution in [0.3, 0.4) is 0 Å². The number of carbonyl (C=O) groups is 1. The summed E-state index contributed by atoms with van der Waals surface area (Å²) < 4.78 is 0.818. The average Bonchev–Trinajstić information content (AvgIpc) is 2.35. The fraction of sp³-hybridized carbons (Fsp3) is 0.500. The number of nitrogens with zero attached hydrogens (tertiary/aromatic N) is 1. The van der Waals surface area contributed by atoms with Crippen LogP contribution in [0.2, 0.25) is 5.02 Å². The van der Waals surface area contributed by atoms with E-state index in [1.54, 1.807) is 0 Å². The molecular formula is C14H18BrClN2O. The summed E-state index contributed by atoms with van der Waals surface area (Å²) in [4.78, 5) is 14.3. The Hall–Kier alpha value is -0.580. The molecule has 19 heavy (non-hydrogen) atoms. The van der Waals surface area contributed by atoms with Crippen molar-refractivity contribution >= 4 is 39.1 Å². The fourth-order valence-corrected chi connectivity index (χ4v) is 2.83. The smallest absolute Gasteiger partial charge is 0.244 e. The highest BCUT2D eigenvalue weighted by atomic mass is 79.9. The van der Waals surface area contributed by atoms with E-state index < -0.39 is 0 Å². The van der Waals surface area contributed by atoms with Crippen molar-refractivity contribution in [3.63, 3.8) is 0 Å². The van der Waals surface area contributed by atoms with Crippen molar-refractivity contribution in [2.24, 2.45) is 0 Å². The Labute approximate surface area is 127 Å². The maximum atomic E-state index is 12.5. The summed E-state index contributed by atoms with van der Waals surface area (Å²) in [7, 11) is 0. The number of rotatable bonds is 3. The van der Waals surface area contributed by atoms with Gasteiger partial charge in [-0.2, -0.15) is 0 Å². The molecule has 1 aliphatic rings. The van der Waals surface area contributed by atoms with Gasteiger partial charge in [0.1, 0.15) is 0 Å². The average molecular weight is 346 g/mol. The zero-order valence-electron chi connectivity index (χ0n) is 11.1. The Morgan fingerprint density at radius 1 is 1.47 bits per heavy atom. The van der Waals surface area contributed by atoms with Crippen molar-refractivity contribution in [2.45, 2.75) is 38.8 Å². The topological polar surface area (TPSA) is 32.3 Å². The van der Waals surface area contributed by atoms with Gasteiger partial charge in [-0.1, -0.05) is 25.4 Å². The number of hydrogen-bond donors (Lipinski definition) is 1. The molecule has 2 rings (SSSR count). The molecule has 3 nitrogen and oxygen atoms in total. The quantitative estimate of drug-likeness (QED) is 0.908. The summed E-state index contributed by atoms with van der Waals surface area (Å²) in [5.41, 5.74) is 0.900. The predicted molar refractivity (Wildman–Crippen MR) is 82.8 cm³/mol. The number of halogens is 2. The van der Waals surface area contributed by atoms with Crippen LogP contribution in [0.15, 0.2) is 22.7 Å². The zero-order valence-corrected chi connectivity index (χ0v) is 13.5. The van der Waals surface area contributed by atoms with Gasteiger partial charge < -0.3 is 10.2 Å². The third-order valence-corrected chi connectivity index (χ3v) is 4.40. The molecule has 1 N–H and O–H groups in total. The minimum atomic E-state index is -0.0804. The van der Waals surface area contributed by atoms with Crippen molar-refractivity contribution in [3.8, 4) is 0 Å². The fourth-order valence-electron chi connectivity index (χ4n) is 2.34. The van der Waals surface area contributed by atoms with E-state index in [-0.39, 0.29) is 11.9 Å². The second kappa shape index (κ2) is 6.25. The van der Waals surface area contributed by atoms with E-state index in [0.29, 0.717) is 11.1 Å². The minimum absolute atomic E-state index is 0.0804. The molecule has 5 heteroatoms. The second-order valence-electron chi connectivity index (χ2n) is 5.10. The SMILES string of the molecule is CC(C)NC1CCCN(c2ccc(Cl)c(Br)c2)C1=O. The monoisotopic (exact) mass is 344 g/mol. The van der Waals surface area contributed by atoms with Gasteiger partial charge in [0.25, 0.3) is 0 Å². The number of amides is 1. The summed E-state index contributed by atoms with van der Waals surface area (Å²) in [6, 6.07) is 5.84. The molecule has 1 fully saturated rings. The van der Waals surface area contributed by atoms with Crippen LogP contribution in [0.4, 0.5) is 5.69 Å². The van der Waals surface area contributed by atoms with Gasteiger partial charge in [-0.25, -0.2) is 0 Å². The Morgan fingerprint density at radius 2 is 2.21 bits per heavy atom. The molecule has 1 aromatic carbocycles. The molecule has 104 valence electrons. The molecule has 0 aromatic heterocycles. The minimum Gasteiger partial charge on any atom is -0.311 e. The van der Waals surface area contributed by atoms with Crippen molar-refractivity contribution in [1.29, 1.82) is 0 Å². The standard InChI is InChI=1S/C14H18BrClN2O/c1-9(2)17-13-4-3-7-18(14(13)19)10-5-6-12(16)11(15)8-10/h5-6,8-9,13,17H,3-4,7H2,1-2H3. The summed E-state index contributed by atoms with van der Waals surface area (Å²) in [5, 5.41) is 3.99. The number of piperidine rings is 1. The third kappa shape index (κ3) is 3.50. The van der Waals surface area contributed by atoms with E-state index in [4.69, 9.17) is 11.6 Å². The van der Waals surface area contributed by atoms with Gasteiger partial charge in [-0.3, -0.25) is 4.79 Å². The number of benzene rings is 1. The van der Waals surface area contributed by atoms with Crippen LogP contribution >= 0.6 is 27.5 Å². The van der Waals surface area contributed by atoms with Crippen LogP contribution in [0.5, 0.6) is 0 Å². The lowest BCUT2D eigenvalue weighted by Crippen LogP contribution is -2.52. The number of nitrogens with one attached hydrogen (secondary N) is 1. The van der Waals surface area contributed by atoms with Gasteiger partial charge >= 0.3 is 0 Å². The number of anilines is 1. The van der Waals surface area contributed by atoms with Crippen LogP contribution < -0.4 is 10.2 Å². The zero-order chi connectivity index (χ0) is 14.0. The molecular weight excluding hydrogens is 328 g/mol. The lowest BCUT2D eigenvalue weighted by Gasteiger charge is -2.33. The predicted octanol–water partition coefficient (Wildman–Crippen LogP) is 3.60. The normalized spacial score (nSPS) is 20.2. The molecule has 0 saturated carbocycles. The van der Waals surface area contributed by atoms with Crippen LogP contribution in [0.25, 0.3) is 0 Å². The summed E-state index contributed by atoms with van der Waals surface area (Å²) in [6.45, 7) is 4.89. The Kier molecular flexibility index (Phi) is 4.87. The van der Waals surface area contributed by atoms with Crippen LogP contribution in [-0.4, -0.2) is 24.5 Å². The van der Waals surface area contributed by atoms with E-state index in [2.05, 4.69) is 35.1 Å². The lowest BCUT2D eigenvalue weighted by molar-refractivity contribution is -0.121. The van der Waals surface area contributed by atoms with Crippen molar-refractivity contribution in [3.05, 3.63) is 27.7 Å². The molecule has 0 spiro atoms. The highest BCUT2D eigenvalue weighted by Gasteiger charge is 2.29. The van der Waals surface area contributed by atoms with Gasteiger partial charge in [0.15, 0.2) is 0 Å². The Balaban J connectivity index is 2.19. The van der Waals surface area contributed by atoms with E-state index in [9.17, 15) is 4.79 Å². The summed E-state index contributed by atoms with van der Waals surface area (Å²) >= 11 is 9.39. The van der Waals surface area contributed by atoms with Crippen molar-refractivity contribution < 1.29 is 4.79 Å². The van der Waals surface area contributed by atoms with E-state index >= 15 is 0 Å². The molecule has 0 radical (unpaired) electrons. The van der Waals surface area contributed by atoms with E-state index in [1.165, 1.54) is 0 Å². The maximum Gasteiger partial charge on any atom is 0.244 e. The molecule has 0 aliphatic carbocycles. The van der Waals surface area contributed by atoms with Gasteiger partial charge in [0, 0.05) is 22.7 Å². The number of hydrogen-bond acceptors (Lipinski definition) is 2. The first-order chi connectivity index (χ1) is 8.99. The molecule has 1 unspecified atom stereocenters. The Bertz CT molecular complexity index is 479. The number of carbonyl (C=O) groups excluding carboxylic acids is 1. The van der Waals surface area contributed by atoms with Crippen molar-refractivity contribution in [1.82, 2.24) is 5.32 Å². The van der Waals surface area contributed by atoms with Crippen LogP contribution in [0.1, 0.15) is 26.7 Å². The van der Waals surface area contributed by atoms with Crippen LogP contribution in [0, 0.1) is 0 Å². The van der Waals surface area contributed by atoms with E-state index in [0.717, 1.165) is 29.5 Å². The van der Waals surface area contributed by atoms with Crippen LogP contribution in [-0.2, 0) is 4.79 Å². The molecule has 1 heterocycles. The molecule has 1 aromatic rings. The van der Waals surface area contributed by atoms with E-state index in [1.807, 2.05) is 23.1 Å². The molecule has 1 amide bonds.